The standard InChI is InChI=1S/C24H19F3N2O2S/c1-3-21(30)29(19-11-7-10-18(14-19)24(25,26)27)22(20-13-12-16(2)32-20)23(31)28-15-17-8-5-4-6-9-17/h1,4-14,22H,15H2,2H3,(H,28,31). The predicted octanol–water partition coefficient (Wildman–Crippen LogP) is 5.10. The van der Waals surface area contributed by atoms with Crippen LogP contribution in [0.1, 0.15) is 26.9 Å². The first-order chi connectivity index (χ1) is 15.2. The fraction of sp³-hybridized carbons (Fsp3) is 0.167. The van der Waals surface area contributed by atoms with Gasteiger partial charge < -0.3 is 5.32 Å². The number of nitrogens with one attached hydrogen (secondary N) is 1. The van der Waals surface area contributed by atoms with Gasteiger partial charge in [0.15, 0.2) is 6.04 Å². The molecule has 0 aliphatic carbocycles. The van der Waals surface area contributed by atoms with E-state index in [0.29, 0.717) is 4.88 Å². The van der Waals surface area contributed by atoms with Crippen LogP contribution in [0.15, 0.2) is 66.7 Å². The molecule has 0 radical (unpaired) electrons. The molecule has 3 aromatic rings. The zero-order valence-corrected chi connectivity index (χ0v) is 17.8. The molecule has 4 nitrogen and oxygen atoms in total. The number of anilines is 1. The van der Waals surface area contributed by atoms with Crippen LogP contribution in [0.5, 0.6) is 0 Å². The Bertz CT molecular complexity index is 1150. The summed E-state index contributed by atoms with van der Waals surface area (Å²) in [6, 6.07) is 15.5. The fourth-order valence-electron chi connectivity index (χ4n) is 3.14. The van der Waals surface area contributed by atoms with Gasteiger partial charge >= 0.3 is 12.1 Å². The molecule has 1 unspecified atom stereocenters. The molecule has 0 saturated heterocycles. The number of carbonyl (C=O) groups excluding carboxylic acids is 2. The Morgan fingerprint density at radius 3 is 2.41 bits per heavy atom. The summed E-state index contributed by atoms with van der Waals surface area (Å²) in [5.41, 5.74) is -0.236. The zero-order chi connectivity index (χ0) is 23.3. The number of rotatable bonds is 6. The molecular weight excluding hydrogens is 437 g/mol. The summed E-state index contributed by atoms with van der Waals surface area (Å²) in [4.78, 5) is 28.2. The van der Waals surface area contributed by atoms with Crippen molar-refractivity contribution in [1.29, 1.82) is 0 Å². The minimum atomic E-state index is -4.62. The molecule has 0 spiro atoms. The molecule has 1 aromatic heterocycles. The van der Waals surface area contributed by atoms with Crippen LogP contribution in [0.3, 0.4) is 0 Å². The smallest absolute Gasteiger partial charge is 0.350 e. The highest BCUT2D eigenvalue weighted by atomic mass is 32.1. The minimum absolute atomic E-state index is 0.117. The lowest BCUT2D eigenvalue weighted by Gasteiger charge is -2.29. The molecule has 0 fully saturated rings. The Morgan fingerprint density at radius 2 is 1.81 bits per heavy atom. The van der Waals surface area contributed by atoms with Crippen molar-refractivity contribution in [1.82, 2.24) is 5.32 Å². The molecule has 1 N–H and O–H groups in total. The van der Waals surface area contributed by atoms with Crippen LogP contribution in [0, 0.1) is 19.3 Å². The van der Waals surface area contributed by atoms with Gasteiger partial charge in [0.25, 0.3) is 0 Å². The first-order valence-electron chi connectivity index (χ1n) is 9.55. The summed E-state index contributed by atoms with van der Waals surface area (Å²) >= 11 is 1.26. The number of alkyl halides is 3. The molecule has 8 heteroatoms. The molecular formula is C24H19F3N2O2S. The first-order valence-corrected chi connectivity index (χ1v) is 10.4. The maximum Gasteiger partial charge on any atom is 0.416 e. The number of amides is 2. The van der Waals surface area contributed by atoms with Crippen molar-refractivity contribution in [2.24, 2.45) is 0 Å². The van der Waals surface area contributed by atoms with Gasteiger partial charge in [0.2, 0.25) is 5.91 Å². The van der Waals surface area contributed by atoms with Crippen LogP contribution in [0.4, 0.5) is 18.9 Å². The van der Waals surface area contributed by atoms with Gasteiger partial charge in [-0.1, -0.05) is 36.4 Å². The molecule has 0 bridgehead atoms. The summed E-state index contributed by atoms with van der Waals surface area (Å²) in [5.74, 6) is 0.458. The average molecular weight is 456 g/mol. The molecule has 164 valence electrons. The van der Waals surface area contributed by atoms with Crippen LogP contribution < -0.4 is 10.2 Å². The number of halogens is 3. The number of hydrogen-bond acceptors (Lipinski definition) is 3. The van der Waals surface area contributed by atoms with E-state index in [2.05, 4.69) is 5.32 Å². The third-order valence-electron chi connectivity index (χ3n) is 4.64. The number of carbonyl (C=O) groups is 2. The lowest BCUT2D eigenvalue weighted by Crippen LogP contribution is -2.43. The van der Waals surface area contributed by atoms with Crippen molar-refractivity contribution >= 4 is 28.8 Å². The highest BCUT2D eigenvalue weighted by Gasteiger charge is 2.36. The number of hydrogen-bond donors (Lipinski definition) is 1. The summed E-state index contributed by atoms with van der Waals surface area (Å²) in [5, 5.41) is 2.76. The van der Waals surface area contributed by atoms with Gasteiger partial charge in [0.1, 0.15) is 0 Å². The second-order valence-corrected chi connectivity index (χ2v) is 8.24. The van der Waals surface area contributed by atoms with Crippen molar-refractivity contribution in [2.75, 3.05) is 4.90 Å². The van der Waals surface area contributed by atoms with Gasteiger partial charge in [0, 0.05) is 22.0 Å². The molecule has 0 saturated carbocycles. The summed E-state index contributed by atoms with van der Waals surface area (Å²) < 4.78 is 39.9. The van der Waals surface area contributed by atoms with Gasteiger partial charge in [-0.2, -0.15) is 13.2 Å². The number of aryl methyl sites for hydroxylation is 1. The molecule has 0 aliphatic rings. The van der Waals surface area contributed by atoms with E-state index in [1.54, 1.807) is 12.1 Å². The van der Waals surface area contributed by atoms with E-state index in [1.807, 2.05) is 43.2 Å². The van der Waals surface area contributed by atoms with Crippen molar-refractivity contribution in [3.05, 3.63) is 87.6 Å². The van der Waals surface area contributed by atoms with E-state index in [4.69, 9.17) is 6.42 Å². The molecule has 0 aliphatic heterocycles. The maximum atomic E-state index is 13.3. The normalized spacial score (nSPS) is 12.0. The number of nitrogens with zero attached hydrogens (tertiary/aromatic N) is 1. The van der Waals surface area contributed by atoms with E-state index in [0.717, 1.165) is 27.5 Å². The molecule has 32 heavy (non-hydrogen) atoms. The highest BCUT2D eigenvalue weighted by molar-refractivity contribution is 7.12. The van der Waals surface area contributed by atoms with Crippen molar-refractivity contribution in [2.45, 2.75) is 25.7 Å². The second kappa shape index (κ2) is 9.71. The molecule has 3 rings (SSSR count). The Morgan fingerprint density at radius 1 is 1.09 bits per heavy atom. The van der Waals surface area contributed by atoms with E-state index < -0.39 is 29.6 Å². The largest absolute Gasteiger partial charge is 0.416 e. The average Bonchev–Trinajstić information content (AvgIpc) is 3.21. The van der Waals surface area contributed by atoms with Crippen LogP contribution in [0.2, 0.25) is 0 Å². The van der Waals surface area contributed by atoms with E-state index in [9.17, 15) is 22.8 Å². The third kappa shape index (κ3) is 5.37. The van der Waals surface area contributed by atoms with Crippen molar-refractivity contribution < 1.29 is 22.8 Å². The van der Waals surface area contributed by atoms with E-state index in [-0.39, 0.29) is 12.2 Å². The lowest BCUT2D eigenvalue weighted by atomic mass is 10.1. The molecule has 1 heterocycles. The fourth-order valence-corrected chi connectivity index (χ4v) is 4.11. The first kappa shape index (κ1) is 23.1. The highest BCUT2D eigenvalue weighted by Crippen LogP contribution is 2.36. The summed E-state index contributed by atoms with van der Waals surface area (Å²) in [6.45, 7) is 2.01. The molecule has 2 amide bonds. The van der Waals surface area contributed by atoms with Crippen LogP contribution in [-0.4, -0.2) is 11.8 Å². The van der Waals surface area contributed by atoms with Gasteiger partial charge in [-0.05, 0) is 48.7 Å². The summed E-state index contributed by atoms with van der Waals surface area (Å²) in [6.07, 6.45) is 0.709. The Labute approximate surface area is 187 Å². The van der Waals surface area contributed by atoms with Crippen LogP contribution in [-0.2, 0) is 22.3 Å². The topological polar surface area (TPSA) is 49.4 Å². The maximum absolute atomic E-state index is 13.3. The van der Waals surface area contributed by atoms with E-state index in [1.165, 1.54) is 23.5 Å². The van der Waals surface area contributed by atoms with Gasteiger partial charge in [0.05, 0.1) is 5.56 Å². The quantitative estimate of drug-likeness (QED) is 0.525. The predicted molar refractivity (Wildman–Crippen MR) is 118 cm³/mol. The monoisotopic (exact) mass is 456 g/mol. The number of benzene rings is 2. The van der Waals surface area contributed by atoms with Crippen LogP contribution in [0.25, 0.3) is 0 Å². The SMILES string of the molecule is C#CC(=O)N(c1cccc(C(F)(F)F)c1)C(C(=O)NCc1ccccc1)c1ccc(C)s1. The number of terminal acetylenes is 1. The van der Waals surface area contributed by atoms with E-state index >= 15 is 0 Å². The zero-order valence-electron chi connectivity index (χ0n) is 17.0. The third-order valence-corrected chi connectivity index (χ3v) is 5.69. The van der Waals surface area contributed by atoms with Crippen molar-refractivity contribution in [3.63, 3.8) is 0 Å². The summed E-state index contributed by atoms with van der Waals surface area (Å²) in [7, 11) is 0. The Balaban J connectivity index is 2.04. The Kier molecular flexibility index (Phi) is 7.01. The van der Waals surface area contributed by atoms with Gasteiger partial charge in [-0.15, -0.1) is 17.8 Å². The van der Waals surface area contributed by atoms with Gasteiger partial charge in [-0.3, -0.25) is 14.5 Å². The molecule has 2 aromatic carbocycles. The van der Waals surface area contributed by atoms with Crippen LogP contribution >= 0.6 is 11.3 Å². The lowest BCUT2D eigenvalue weighted by molar-refractivity contribution is -0.137. The Hall–Kier alpha value is -3.57. The molecule has 1 atom stereocenters. The number of thiophene rings is 1. The minimum Gasteiger partial charge on any atom is -0.350 e. The van der Waals surface area contributed by atoms with Gasteiger partial charge in [-0.25, -0.2) is 0 Å². The van der Waals surface area contributed by atoms with Crippen molar-refractivity contribution in [3.8, 4) is 12.3 Å². The second-order valence-electron chi connectivity index (χ2n) is 6.92.